The van der Waals surface area contributed by atoms with E-state index >= 15 is 0 Å². The summed E-state index contributed by atoms with van der Waals surface area (Å²) in [7, 11) is 0. The Balaban J connectivity index is 1.66. The van der Waals surface area contributed by atoms with E-state index in [9.17, 15) is 0 Å². The lowest BCUT2D eigenvalue weighted by Gasteiger charge is -2.23. The van der Waals surface area contributed by atoms with Crippen LogP contribution in [0.5, 0.6) is 0 Å². The highest BCUT2D eigenvalue weighted by Gasteiger charge is 2.20. The molecule has 0 amide bonds. The number of pyridine rings is 1. The number of ether oxygens (including phenoxy) is 1. The maximum atomic E-state index is 5.69. The van der Waals surface area contributed by atoms with Gasteiger partial charge in [-0.25, -0.2) is 4.98 Å². The first-order valence-corrected chi connectivity index (χ1v) is 7.36. The quantitative estimate of drug-likeness (QED) is 0.899. The van der Waals surface area contributed by atoms with Crippen molar-refractivity contribution in [1.29, 1.82) is 0 Å². The normalized spacial score (nSPS) is 24.3. The van der Waals surface area contributed by atoms with E-state index in [0.29, 0.717) is 0 Å². The average molecular weight is 261 g/mol. The maximum Gasteiger partial charge on any atom is 0.128 e. The summed E-state index contributed by atoms with van der Waals surface area (Å²) >= 11 is 0. The molecule has 1 saturated carbocycles. The van der Waals surface area contributed by atoms with Gasteiger partial charge < -0.3 is 15.0 Å². The zero-order valence-electron chi connectivity index (χ0n) is 11.6. The van der Waals surface area contributed by atoms with E-state index in [-0.39, 0.29) is 6.10 Å². The lowest BCUT2D eigenvalue weighted by molar-refractivity contribution is 0.0820. The summed E-state index contributed by atoms with van der Waals surface area (Å²) in [6.45, 7) is 5.93. The van der Waals surface area contributed by atoms with Crippen LogP contribution in [-0.2, 0) is 11.3 Å². The zero-order valence-corrected chi connectivity index (χ0v) is 11.6. The lowest BCUT2D eigenvalue weighted by Crippen LogP contribution is -2.31. The van der Waals surface area contributed by atoms with Crippen molar-refractivity contribution in [3.05, 3.63) is 23.9 Å². The fourth-order valence-corrected chi connectivity index (χ4v) is 2.50. The SMILES string of the molecule is CC1CN(c2cc(CNC3CC3)ccn2)CCCO1. The smallest absolute Gasteiger partial charge is 0.128 e. The molecule has 0 spiro atoms. The third-order valence-electron chi connectivity index (χ3n) is 3.76. The molecule has 4 nitrogen and oxygen atoms in total. The minimum atomic E-state index is 0.289. The van der Waals surface area contributed by atoms with Gasteiger partial charge in [-0.1, -0.05) is 0 Å². The Morgan fingerprint density at radius 2 is 2.37 bits per heavy atom. The predicted molar refractivity (Wildman–Crippen MR) is 76.3 cm³/mol. The predicted octanol–water partition coefficient (Wildman–Crippen LogP) is 1.95. The number of hydrogen-bond donors (Lipinski definition) is 1. The zero-order chi connectivity index (χ0) is 13.1. The van der Waals surface area contributed by atoms with Gasteiger partial charge in [0.25, 0.3) is 0 Å². The first kappa shape index (κ1) is 12.9. The van der Waals surface area contributed by atoms with Gasteiger partial charge in [0.2, 0.25) is 0 Å². The summed E-state index contributed by atoms with van der Waals surface area (Å²) in [6, 6.07) is 5.08. The molecule has 0 radical (unpaired) electrons. The molecule has 4 heteroatoms. The van der Waals surface area contributed by atoms with Crippen LogP contribution >= 0.6 is 0 Å². The summed E-state index contributed by atoms with van der Waals surface area (Å²) in [6.07, 6.45) is 5.96. The largest absolute Gasteiger partial charge is 0.377 e. The number of nitrogens with one attached hydrogen (secondary N) is 1. The molecular formula is C15H23N3O. The summed E-state index contributed by atoms with van der Waals surface area (Å²) in [5.41, 5.74) is 1.33. The van der Waals surface area contributed by atoms with Gasteiger partial charge >= 0.3 is 0 Å². The molecule has 2 heterocycles. The molecule has 3 rings (SSSR count). The van der Waals surface area contributed by atoms with Gasteiger partial charge in [-0.2, -0.15) is 0 Å². The van der Waals surface area contributed by atoms with Crippen LogP contribution in [-0.4, -0.2) is 36.8 Å². The summed E-state index contributed by atoms with van der Waals surface area (Å²) in [4.78, 5) is 6.87. The van der Waals surface area contributed by atoms with E-state index in [0.717, 1.165) is 44.5 Å². The molecule has 1 saturated heterocycles. The van der Waals surface area contributed by atoms with Gasteiger partial charge in [0.05, 0.1) is 6.10 Å². The second kappa shape index (κ2) is 5.88. The minimum Gasteiger partial charge on any atom is -0.377 e. The van der Waals surface area contributed by atoms with Gasteiger partial charge in [0.1, 0.15) is 5.82 Å². The van der Waals surface area contributed by atoms with E-state index < -0.39 is 0 Å². The lowest BCUT2D eigenvalue weighted by atomic mass is 10.2. The molecular weight excluding hydrogens is 238 g/mol. The standard InChI is InChI=1S/C15H23N3O/c1-12-11-18(7-2-8-19-12)15-9-13(5-6-16-15)10-17-14-3-4-14/h5-6,9,12,14,17H,2-4,7-8,10-11H2,1H3. The number of aromatic nitrogens is 1. The topological polar surface area (TPSA) is 37.4 Å². The molecule has 1 aromatic rings. The number of anilines is 1. The molecule has 19 heavy (non-hydrogen) atoms. The highest BCUT2D eigenvalue weighted by molar-refractivity contribution is 5.41. The van der Waals surface area contributed by atoms with E-state index in [2.05, 4.69) is 34.3 Å². The molecule has 1 atom stereocenters. The molecule has 104 valence electrons. The molecule has 0 bridgehead atoms. The fourth-order valence-electron chi connectivity index (χ4n) is 2.50. The number of hydrogen-bond acceptors (Lipinski definition) is 4. The molecule has 1 aliphatic carbocycles. The second-order valence-electron chi connectivity index (χ2n) is 5.66. The highest BCUT2D eigenvalue weighted by atomic mass is 16.5. The summed E-state index contributed by atoms with van der Waals surface area (Å²) < 4.78 is 5.69. The molecule has 0 aromatic carbocycles. The van der Waals surface area contributed by atoms with Crippen molar-refractivity contribution in [3.8, 4) is 0 Å². The Morgan fingerprint density at radius 3 is 3.21 bits per heavy atom. The van der Waals surface area contributed by atoms with Crippen LogP contribution in [0.15, 0.2) is 18.3 Å². The van der Waals surface area contributed by atoms with Crippen LogP contribution < -0.4 is 10.2 Å². The maximum absolute atomic E-state index is 5.69. The Kier molecular flexibility index (Phi) is 3.99. The van der Waals surface area contributed by atoms with Crippen LogP contribution in [0, 0.1) is 0 Å². The van der Waals surface area contributed by atoms with E-state index in [1.165, 1.54) is 18.4 Å². The van der Waals surface area contributed by atoms with Crippen LogP contribution in [0.3, 0.4) is 0 Å². The molecule has 1 unspecified atom stereocenters. The average Bonchev–Trinajstić information content (AvgIpc) is 3.24. The number of nitrogens with zero attached hydrogens (tertiary/aromatic N) is 2. The van der Waals surface area contributed by atoms with Gasteiger partial charge in [-0.15, -0.1) is 0 Å². The van der Waals surface area contributed by atoms with Crippen LogP contribution in [0.4, 0.5) is 5.82 Å². The number of rotatable bonds is 4. The van der Waals surface area contributed by atoms with Crippen LogP contribution in [0.25, 0.3) is 0 Å². The van der Waals surface area contributed by atoms with Crippen molar-refractivity contribution in [2.45, 2.75) is 44.9 Å². The second-order valence-corrected chi connectivity index (χ2v) is 5.66. The Labute approximate surface area is 115 Å². The highest BCUT2D eigenvalue weighted by Crippen LogP contribution is 2.20. The first-order valence-electron chi connectivity index (χ1n) is 7.36. The molecule has 1 N–H and O–H groups in total. The van der Waals surface area contributed by atoms with Crippen molar-refractivity contribution in [1.82, 2.24) is 10.3 Å². The van der Waals surface area contributed by atoms with Crippen LogP contribution in [0.1, 0.15) is 31.7 Å². The van der Waals surface area contributed by atoms with Crippen molar-refractivity contribution >= 4 is 5.82 Å². The Morgan fingerprint density at radius 1 is 1.47 bits per heavy atom. The monoisotopic (exact) mass is 261 g/mol. The summed E-state index contributed by atoms with van der Waals surface area (Å²) in [5.74, 6) is 1.09. The van der Waals surface area contributed by atoms with E-state index in [1.54, 1.807) is 0 Å². The van der Waals surface area contributed by atoms with Crippen molar-refractivity contribution < 1.29 is 4.74 Å². The third kappa shape index (κ3) is 3.67. The molecule has 1 aromatic heterocycles. The van der Waals surface area contributed by atoms with Gasteiger partial charge in [-0.3, -0.25) is 0 Å². The van der Waals surface area contributed by atoms with Gasteiger partial charge in [0.15, 0.2) is 0 Å². The van der Waals surface area contributed by atoms with Gasteiger partial charge in [-0.05, 0) is 43.9 Å². The van der Waals surface area contributed by atoms with Crippen LogP contribution in [0.2, 0.25) is 0 Å². The summed E-state index contributed by atoms with van der Waals surface area (Å²) in [5, 5.41) is 3.55. The van der Waals surface area contributed by atoms with Gasteiger partial charge in [0, 0.05) is 38.5 Å². The first-order chi connectivity index (χ1) is 9.31. The van der Waals surface area contributed by atoms with Crippen molar-refractivity contribution in [3.63, 3.8) is 0 Å². The Hall–Kier alpha value is -1.13. The van der Waals surface area contributed by atoms with E-state index in [1.807, 2.05) is 6.20 Å². The molecule has 1 aliphatic heterocycles. The fraction of sp³-hybridized carbons (Fsp3) is 0.667. The van der Waals surface area contributed by atoms with E-state index in [4.69, 9.17) is 4.74 Å². The molecule has 2 aliphatic rings. The molecule has 2 fully saturated rings. The Bertz CT molecular complexity index is 420. The van der Waals surface area contributed by atoms with Crippen molar-refractivity contribution in [2.75, 3.05) is 24.6 Å². The minimum absolute atomic E-state index is 0.289. The third-order valence-corrected chi connectivity index (χ3v) is 3.76. The van der Waals surface area contributed by atoms with Crippen molar-refractivity contribution in [2.24, 2.45) is 0 Å².